The van der Waals surface area contributed by atoms with Crippen LogP contribution in [-0.2, 0) is 4.74 Å². The van der Waals surface area contributed by atoms with E-state index in [9.17, 15) is 4.79 Å². The lowest BCUT2D eigenvalue weighted by Gasteiger charge is -2.38. The highest BCUT2D eigenvalue weighted by Crippen LogP contribution is 2.33. The van der Waals surface area contributed by atoms with Crippen molar-refractivity contribution in [2.45, 2.75) is 71.6 Å². The SMILES string of the molecule is CC(C)N1CCCC[C@H]1c1ccc(N(C(=O)OC(C)(C)C)c2ccccc2)nc1. The van der Waals surface area contributed by atoms with Crippen LogP contribution in [0.4, 0.5) is 16.3 Å². The Kier molecular flexibility index (Phi) is 6.58. The van der Waals surface area contributed by atoms with E-state index in [1.165, 1.54) is 23.3 Å². The van der Waals surface area contributed by atoms with Gasteiger partial charge in [-0.1, -0.05) is 30.7 Å². The highest BCUT2D eigenvalue weighted by atomic mass is 16.6. The topological polar surface area (TPSA) is 45.7 Å². The summed E-state index contributed by atoms with van der Waals surface area (Å²) in [6.07, 6.45) is 5.13. The predicted octanol–water partition coefficient (Wildman–Crippen LogP) is 6.09. The van der Waals surface area contributed by atoms with Crippen LogP contribution in [0, 0.1) is 0 Å². The van der Waals surface area contributed by atoms with Crippen molar-refractivity contribution in [2.24, 2.45) is 0 Å². The Bertz CT molecular complexity index is 797. The minimum Gasteiger partial charge on any atom is -0.443 e. The second kappa shape index (κ2) is 8.95. The van der Waals surface area contributed by atoms with Gasteiger partial charge in [0.05, 0.1) is 5.69 Å². The van der Waals surface area contributed by atoms with Gasteiger partial charge < -0.3 is 4.74 Å². The number of carbonyl (C=O) groups excluding carboxylic acids is 1. The molecule has 1 aliphatic rings. The molecule has 1 fully saturated rings. The number of nitrogens with zero attached hydrogens (tertiary/aromatic N) is 3. The summed E-state index contributed by atoms with van der Waals surface area (Å²) in [6, 6.07) is 14.4. The Morgan fingerprint density at radius 2 is 1.86 bits per heavy atom. The molecule has 0 N–H and O–H groups in total. The molecular formula is C24H33N3O2. The molecule has 1 atom stereocenters. The van der Waals surface area contributed by atoms with E-state index in [-0.39, 0.29) is 0 Å². The van der Waals surface area contributed by atoms with E-state index in [0.29, 0.717) is 17.9 Å². The van der Waals surface area contributed by atoms with Gasteiger partial charge >= 0.3 is 6.09 Å². The highest BCUT2D eigenvalue weighted by Gasteiger charge is 2.28. The third kappa shape index (κ3) is 5.36. The van der Waals surface area contributed by atoms with Gasteiger partial charge in [-0.2, -0.15) is 0 Å². The van der Waals surface area contributed by atoms with E-state index >= 15 is 0 Å². The van der Waals surface area contributed by atoms with Crippen LogP contribution in [0.5, 0.6) is 0 Å². The van der Waals surface area contributed by atoms with Crippen LogP contribution < -0.4 is 4.90 Å². The van der Waals surface area contributed by atoms with Gasteiger partial charge in [-0.25, -0.2) is 14.7 Å². The van der Waals surface area contributed by atoms with Gasteiger partial charge in [0.1, 0.15) is 11.4 Å². The first-order chi connectivity index (χ1) is 13.8. The molecule has 0 radical (unpaired) electrons. The Hall–Kier alpha value is -2.40. The number of likely N-dealkylation sites (tertiary alicyclic amines) is 1. The number of hydrogen-bond donors (Lipinski definition) is 0. The number of amides is 1. The molecule has 1 saturated heterocycles. The lowest BCUT2D eigenvalue weighted by molar-refractivity contribution is 0.0598. The molecule has 5 heteroatoms. The van der Waals surface area contributed by atoms with E-state index in [4.69, 9.17) is 4.74 Å². The largest absolute Gasteiger partial charge is 0.443 e. The number of piperidine rings is 1. The van der Waals surface area contributed by atoms with Crippen LogP contribution >= 0.6 is 0 Å². The molecule has 0 saturated carbocycles. The summed E-state index contributed by atoms with van der Waals surface area (Å²) in [5, 5.41) is 0. The Morgan fingerprint density at radius 1 is 1.14 bits per heavy atom. The monoisotopic (exact) mass is 395 g/mol. The summed E-state index contributed by atoms with van der Waals surface area (Å²) in [4.78, 5) is 21.7. The van der Waals surface area contributed by atoms with Crippen LogP contribution in [0.15, 0.2) is 48.7 Å². The molecule has 1 amide bonds. The van der Waals surface area contributed by atoms with Crippen LogP contribution in [0.25, 0.3) is 0 Å². The summed E-state index contributed by atoms with van der Waals surface area (Å²) >= 11 is 0. The molecule has 1 aromatic carbocycles. The molecule has 5 nitrogen and oxygen atoms in total. The van der Waals surface area contributed by atoms with Crippen molar-refractivity contribution in [2.75, 3.05) is 11.4 Å². The molecular weight excluding hydrogens is 362 g/mol. The first-order valence-electron chi connectivity index (χ1n) is 10.6. The van der Waals surface area contributed by atoms with Crippen molar-refractivity contribution in [3.63, 3.8) is 0 Å². The molecule has 29 heavy (non-hydrogen) atoms. The zero-order valence-corrected chi connectivity index (χ0v) is 18.3. The zero-order chi connectivity index (χ0) is 21.0. The molecule has 2 heterocycles. The number of carbonyl (C=O) groups is 1. The average Bonchev–Trinajstić information content (AvgIpc) is 2.68. The predicted molar refractivity (Wildman–Crippen MR) is 117 cm³/mol. The maximum atomic E-state index is 12.9. The lowest BCUT2D eigenvalue weighted by atomic mass is 9.95. The Balaban J connectivity index is 1.90. The molecule has 156 valence electrons. The average molecular weight is 396 g/mol. The maximum Gasteiger partial charge on any atom is 0.420 e. The lowest BCUT2D eigenvalue weighted by Crippen LogP contribution is -2.38. The van der Waals surface area contributed by atoms with Crippen LogP contribution in [0.1, 0.15) is 65.5 Å². The molecule has 0 bridgehead atoms. The molecule has 0 aliphatic carbocycles. The summed E-state index contributed by atoms with van der Waals surface area (Å²) in [7, 11) is 0. The van der Waals surface area contributed by atoms with Crippen LogP contribution in [0.2, 0.25) is 0 Å². The number of ether oxygens (including phenoxy) is 1. The molecule has 2 aromatic rings. The van der Waals surface area contributed by atoms with Crippen molar-refractivity contribution >= 4 is 17.6 Å². The first-order valence-corrected chi connectivity index (χ1v) is 10.6. The van der Waals surface area contributed by atoms with Crippen LogP contribution in [-0.4, -0.2) is 34.2 Å². The second-order valence-electron chi connectivity index (χ2n) is 8.94. The third-order valence-corrected chi connectivity index (χ3v) is 5.18. The van der Waals surface area contributed by atoms with Gasteiger partial charge in [-0.3, -0.25) is 4.90 Å². The number of anilines is 2. The summed E-state index contributed by atoms with van der Waals surface area (Å²) in [5.74, 6) is 0.570. The molecule has 0 spiro atoms. The molecule has 1 aliphatic heterocycles. The number of aromatic nitrogens is 1. The van der Waals surface area contributed by atoms with E-state index in [0.717, 1.165) is 18.7 Å². The summed E-state index contributed by atoms with van der Waals surface area (Å²) < 4.78 is 5.64. The minimum absolute atomic E-state index is 0.386. The van der Waals surface area contributed by atoms with Crippen LogP contribution in [0.3, 0.4) is 0 Å². The quantitative estimate of drug-likeness (QED) is 0.628. The Labute approximate surface area is 174 Å². The number of para-hydroxylation sites is 1. The van der Waals surface area contributed by atoms with E-state index < -0.39 is 11.7 Å². The Morgan fingerprint density at radius 3 is 2.45 bits per heavy atom. The van der Waals surface area contributed by atoms with Gasteiger partial charge in [-0.05, 0) is 77.8 Å². The second-order valence-corrected chi connectivity index (χ2v) is 8.94. The van der Waals surface area contributed by atoms with Crippen molar-refractivity contribution in [3.05, 3.63) is 54.2 Å². The number of benzene rings is 1. The van der Waals surface area contributed by atoms with Gasteiger partial charge in [0.2, 0.25) is 0 Å². The molecule has 1 aromatic heterocycles. The van der Waals surface area contributed by atoms with Crippen molar-refractivity contribution in [1.82, 2.24) is 9.88 Å². The zero-order valence-electron chi connectivity index (χ0n) is 18.3. The van der Waals surface area contributed by atoms with Gasteiger partial charge in [0, 0.05) is 18.3 Å². The number of rotatable bonds is 4. The molecule has 0 unspecified atom stereocenters. The normalized spacial score (nSPS) is 17.9. The smallest absolute Gasteiger partial charge is 0.420 e. The van der Waals surface area contributed by atoms with E-state index in [1.54, 1.807) is 0 Å². The van der Waals surface area contributed by atoms with Gasteiger partial charge in [-0.15, -0.1) is 0 Å². The maximum absolute atomic E-state index is 12.9. The fourth-order valence-electron chi connectivity index (χ4n) is 3.87. The van der Waals surface area contributed by atoms with Gasteiger partial charge in [0.15, 0.2) is 0 Å². The third-order valence-electron chi connectivity index (χ3n) is 5.18. The molecule has 3 rings (SSSR count). The fourth-order valence-corrected chi connectivity index (χ4v) is 3.87. The highest BCUT2D eigenvalue weighted by molar-refractivity contribution is 5.95. The van der Waals surface area contributed by atoms with Crippen molar-refractivity contribution in [1.29, 1.82) is 0 Å². The fraction of sp³-hybridized carbons (Fsp3) is 0.500. The van der Waals surface area contributed by atoms with E-state index in [2.05, 4.69) is 29.8 Å². The first kappa shape index (κ1) is 21.3. The van der Waals surface area contributed by atoms with E-state index in [1.807, 2.05) is 63.4 Å². The van der Waals surface area contributed by atoms with Crippen molar-refractivity contribution < 1.29 is 9.53 Å². The van der Waals surface area contributed by atoms with Crippen molar-refractivity contribution in [3.8, 4) is 0 Å². The minimum atomic E-state index is -0.579. The van der Waals surface area contributed by atoms with Gasteiger partial charge in [0.25, 0.3) is 0 Å². The number of hydrogen-bond acceptors (Lipinski definition) is 4. The summed E-state index contributed by atoms with van der Waals surface area (Å²) in [6.45, 7) is 11.2. The standard InChI is InChI=1S/C24H33N3O2/c1-18(2)26-16-10-9-13-21(26)19-14-15-22(25-17-19)27(20-11-7-6-8-12-20)23(28)29-24(3,4)5/h6-8,11-12,14-15,17-18,21H,9-10,13,16H2,1-5H3/t21-/m0/s1. The number of pyridine rings is 1. The summed E-state index contributed by atoms with van der Waals surface area (Å²) in [5.41, 5.74) is 1.37.